The summed E-state index contributed by atoms with van der Waals surface area (Å²) in [6, 6.07) is 2.14. The van der Waals surface area contributed by atoms with E-state index in [0.717, 1.165) is 19.4 Å². The lowest BCUT2D eigenvalue weighted by atomic mass is 10.0. The molecule has 2 rings (SSSR count). The number of rotatable bonds is 4. The molecule has 1 fully saturated rings. The van der Waals surface area contributed by atoms with Gasteiger partial charge in [0.25, 0.3) is 0 Å². The van der Waals surface area contributed by atoms with Crippen LogP contribution < -0.4 is 10.6 Å². The molecule has 0 bridgehead atoms. The van der Waals surface area contributed by atoms with E-state index in [1.54, 1.807) is 11.3 Å². The van der Waals surface area contributed by atoms with Crippen LogP contribution in [-0.2, 0) is 17.8 Å². The fourth-order valence-electron chi connectivity index (χ4n) is 2.30. The van der Waals surface area contributed by atoms with E-state index in [0.29, 0.717) is 12.5 Å². The van der Waals surface area contributed by atoms with Gasteiger partial charge in [-0.25, -0.2) is 0 Å². The van der Waals surface area contributed by atoms with Crippen LogP contribution in [0, 0.1) is 5.92 Å². The maximum Gasteiger partial charge on any atom is 0.237 e. The average molecular weight is 252 g/mol. The summed E-state index contributed by atoms with van der Waals surface area (Å²) in [6.45, 7) is 5.91. The van der Waals surface area contributed by atoms with Crippen LogP contribution in [0.25, 0.3) is 0 Å². The molecule has 2 unspecified atom stereocenters. The first-order valence-corrected chi connectivity index (χ1v) is 7.16. The monoisotopic (exact) mass is 252 g/mol. The molecule has 1 aliphatic rings. The zero-order valence-electron chi connectivity index (χ0n) is 10.5. The van der Waals surface area contributed by atoms with Gasteiger partial charge < -0.3 is 10.6 Å². The maximum absolute atomic E-state index is 12.0. The molecule has 1 amide bonds. The van der Waals surface area contributed by atoms with Crippen molar-refractivity contribution in [3.05, 3.63) is 21.9 Å². The summed E-state index contributed by atoms with van der Waals surface area (Å²) in [5.41, 5.74) is 1.35. The van der Waals surface area contributed by atoms with E-state index in [1.807, 2.05) is 0 Å². The quantitative estimate of drug-likeness (QED) is 0.859. The molecule has 4 heteroatoms. The van der Waals surface area contributed by atoms with E-state index in [9.17, 15) is 4.79 Å². The molecule has 2 atom stereocenters. The minimum atomic E-state index is 0.0000359. The van der Waals surface area contributed by atoms with Crippen molar-refractivity contribution in [2.24, 2.45) is 5.92 Å². The lowest BCUT2D eigenvalue weighted by molar-refractivity contribution is -0.123. The minimum Gasteiger partial charge on any atom is -0.350 e. The van der Waals surface area contributed by atoms with Crippen LogP contribution in [0.2, 0.25) is 0 Å². The van der Waals surface area contributed by atoms with Gasteiger partial charge in [-0.05, 0) is 42.3 Å². The Morgan fingerprint density at radius 2 is 2.47 bits per heavy atom. The highest BCUT2D eigenvalue weighted by atomic mass is 32.1. The Morgan fingerprint density at radius 3 is 3.12 bits per heavy atom. The van der Waals surface area contributed by atoms with Gasteiger partial charge in [-0.1, -0.05) is 13.8 Å². The Bertz CT molecular complexity index is 389. The molecule has 17 heavy (non-hydrogen) atoms. The molecular weight excluding hydrogens is 232 g/mol. The smallest absolute Gasteiger partial charge is 0.237 e. The highest BCUT2D eigenvalue weighted by molar-refractivity contribution is 7.10. The third kappa shape index (κ3) is 2.87. The molecule has 2 N–H and O–H groups in total. The van der Waals surface area contributed by atoms with E-state index < -0.39 is 0 Å². The summed E-state index contributed by atoms with van der Waals surface area (Å²) in [5.74, 6) is 0.592. The van der Waals surface area contributed by atoms with Crippen molar-refractivity contribution in [2.75, 3.05) is 6.54 Å². The van der Waals surface area contributed by atoms with E-state index in [2.05, 4.69) is 35.9 Å². The second kappa shape index (κ2) is 5.65. The fourth-order valence-corrected chi connectivity index (χ4v) is 3.22. The minimum absolute atomic E-state index is 0.0000359. The molecule has 0 aromatic carbocycles. The molecule has 1 aromatic heterocycles. The SMILES string of the molecule is CCc1ccsc1CNC(=O)C1NCCC1C. The van der Waals surface area contributed by atoms with Crippen LogP contribution in [0.4, 0.5) is 0 Å². The van der Waals surface area contributed by atoms with Crippen LogP contribution in [0.1, 0.15) is 30.7 Å². The third-order valence-electron chi connectivity index (χ3n) is 3.46. The lowest BCUT2D eigenvalue weighted by Crippen LogP contribution is -2.42. The van der Waals surface area contributed by atoms with Crippen LogP contribution in [0.5, 0.6) is 0 Å². The molecule has 2 heterocycles. The fraction of sp³-hybridized carbons (Fsp3) is 0.615. The molecule has 94 valence electrons. The normalized spacial score (nSPS) is 23.9. The zero-order valence-corrected chi connectivity index (χ0v) is 11.3. The summed E-state index contributed by atoms with van der Waals surface area (Å²) in [6.07, 6.45) is 2.13. The standard InChI is InChI=1S/C13H20N2OS/c1-3-10-5-7-17-11(10)8-15-13(16)12-9(2)4-6-14-12/h5,7,9,12,14H,3-4,6,8H2,1-2H3,(H,15,16). The number of carbonyl (C=O) groups excluding carboxylic acids is 1. The van der Waals surface area contributed by atoms with Crippen molar-refractivity contribution in [2.45, 2.75) is 39.3 Å². The van der Waals surface area contributed by atoms with Crippen LogP contribution >= 0.6 is 11.3 Å². The highest BCUT2D eigenvalue weighted by Gasteiger charge is 2.28. The van der Waals surface area contributed by atoms with Gasteiger partial charge in [-0.2, -0.15) is 0 Å². The van der Waals surface area contributed by atoms with Gasteiger partial charge in [0.1, 0.15) is 0 Å². The van der Waals surface area contributed by atoms with E-state index in [1.165, 1.54) is 10.4 Å². The number of hydrogen-bond donors (Lipinski definition) is 2. The molecule has 0 aliphatic carbocycles. The predicted molar refractivity (Wildman–Crippen MR) is 71.1 cm³/mol. The highest BCUT2D eigenvalue weighted by Crippen LogP contribution is 2.18. The lowest BCUT2D eigenvalue weighted by Gasteiger charge is -2.15. The van der Waals surface area contributed by atoms with Gasteiger partial charge in [0, 0.05) is 4.88 Å². The number of thiophene rings is 1. The largest absolute Gasteiger partial charge is 0.350 e. The van der Waals surface area contributed by atoms with Crippen molar-refractivity contribution in [1.82, 2.24) is 10.6 Å². The number of hydrogen-bond acceptors (Lipinski definition) is 3. The van der Waals surface area contributed by atoms with Crippen LogP contribution in [0.15, 0.2) is 11.4 Å². The first kappa shape index (κ1) is 12.6. The molecule has 3 nitrogen and oxygen atoms in total. The summed E-state index contributed by atoms with van der Waals surface area (Å²) in [4.78, 5) is 13.3. The topological polar surface area (TPSA) is 41.1 Å². The van der Waals surface area contributed by atoms with Crippen molar-refractivity contribution in [1.29, 1.82) is 0 Å². The van der Waals surface area contributed by atoms with Gasteiger partial charge >= 0.3 is 0 Å². The number of carbonyl (C=O) groups is 1. The molecule has 0 saturated carbocycles. The second-order valence-electron chi connectivity index (χ2n) is 4.64. The first-order chi connectivity index (χ1) is 8.22. The molecule has 0 radical (unpaired) electrons. The molecular formula is C13H20N2OS. The first-order valence-electron chi connectivity index (χ1n) is 6.28. The maximum atomic E-state index is 12.0. The Balaban J connectivity index is 1.88. The number of amides is 1. The van der Waals surface area contributed by atoms with E-state index in [4.69, 9.17) is 0 Å². The third-order valence-corrected chi connectivity index (χ3v) is 4.42. The molecule has 1 saturated heterocycles. The van der Waals surface area contributed by atoms with Crippen molar-refractivity contribution < 1.29 is 4.79 Å². The summed E-state index contributed by atoms with van der Waals surface area (Å²) in [5, 5.41) is 8.39. The van der Waals surface area contributed by atoms with E-state index in [-0.39, 0.29) is 11.9 Å². The van der Waals surface area contributed by atoms with Gasteiger partial charge in [0.05, 0.1) is 12.6 Å². The predicted octanol–water partition coefficient (Wildman–Crippen LogP) is 1.92. The van der Waals surface area contributed by atoms with Crippen molar-refractivity contribution >= 4 is 17.2 Å². The summed E-state index contributed by atoms with van der Waals surface area (Å²) < 4.78 is 0. The Labute approximate surface area is 107 Å². The van der Waals surface area contributed by atoms with Gasteiger partial charge in [0.15, 0.2) is 0 Å². The van der Waals surface area contributed by atoms with Crippen molar-refractivity contribution in [3.8, 4) is 0 Å². The number of nitrogens with one attached hydrogen (secondary N) is 2. The average Bonchev–Trinajstić information content (AvgIpc) is 2.94. The molecule has 1 aromatic rings. The van der Waals surface area contributed by atoms with E-state index >= 15 is 0 Å². The second-order valence-corrected chi connectivity index (χ2v) is 5.64. The van der Waals surface area contributed by atoms with Gasteiger partial charge in [-0.15, -0.1) is 11.3 Å². The number of aryl methyl sites for hydroxylation is 1. The summed E-state index contributed by atoms with van der Waals surface area (Å²) >= 11 is 1.72. The Morgan fingerprint density at radius 1 is 1.65 bits per heavy atom. The summed E-state index contributed by atoms with van der Waals surface area (Å²) in [7, 11) is 0. The molecule has 1 aliphatic heterocycles. The van der Waals surface area contributed by atoms with Gasteiger partial charge in [-0.3, -0.25) is 4.79 Å². The Hall–Kier alpha value is -0.870. The van der Waals surface area contributed by atoms with Gasteiger partial charge in [0.2, 0.25) is 5.91 Å². The van der Waals surface area contributed by atoms with Crippen LogP contribution in [0.3, 0.4) is 0 Å². The van der Waals surface area contributed by atoms with Crippen molar-refractivity contribution in [3.63, 3.8) is 0 Å². The molecule has 0 spiro atoms. The van der Waals surface area contributed by atoms with Crippen LogP contribution in [-0.4, -0.2) is 18.5 Å². The Kier molecular flexibility index (Phi) is 4.18. The zero-order chi connectivity index (χ0) is 12.3.